The molecule has 3 aromatic carbocycles. The van der Waals surface area contributed by atoms with Gasteiger partial charge < -0.3 is 4.42 Å². The lowest BCUT2D eigenvalue weighted by Crippen LogP contribution is -2.17. The van der Waals surface area contributed by atoms with Crippen LogP contribution in [0.5, 0.6) is 0 Å². The monoisotopic (exact) mass is 408 g/mol. The zero-order chi connectivity index (χ0) is 21.1. The third-order valence-electron chi connectivity index (χ3n) is 4.47. The molecule has 0 fully saturated rings. The van der Waals surface area contributed by atoms with E-state index in [1.807, 2.05) is 30.3 Å². The fraction of sp³-hybridized carbons (Fsp3) is 0.0435. The van der Waals surface area contributed by atoms with Crippen LogP contribution < -0.4 is 5.43 Å². The second-order valence-electron chi connectivity index (χ2n) is 6.54. The Kier molecular flexibility index (Phi) is 5.10. The molecule has 0 saturated heterocycles. The van der Waals surface area contributed by atoms with Crippen LogP contribution in [0.15, 0.2) is 88.4 Å². The lowest BCUT2D eigenvalue weighted by Gasteiger charge is -2.07. The second-order valence-corrected chi connectivity index (χ2v) is 6.54. The van der Waals surface area contributed by atoms with Crippen LogP contribution in [0, 0.1) is 0 Å². The molecule has 1 heterocycles. The summed E-state index contributed by atoms with van der Waals surface area (Å²) in [4.78, 5) is 12.3. The summed E-state index contributed by atoms with van der Waals surface area (Å²) in [5, 5.41) is 5.82. The molecule has 30 heavy (non-hydrogen) atoms. The normalized spacial score (nSPS) is 11.8. The number of hydrogen-bond acceptors (Lipinski definition) is 3. The third kappa shape index (κ3) is 4.25. The molecule has 0 aliphatic heterocycles. The summed E-state index contributed by atoms with van der Waals surface area (Å²) < 4.78 is 44.1. The Morgan fingerprint density at radius 3 is 2.50 bits per heavy atom. The maximum absolute atomic E-state index is 12.9. The van der Waals surface area contributed by atoms with E-state index in [2.05, 4.69) is 10.5 Å². The molecule has 0 saturated carbocycles. The van der Waals surface area contributed by atoms with Crippen molar-refractivity contribution in [1.82, 2.24) is 5.43 Å². The average molecular weight is 408 g/mol. The lowest BCUT2D eigenvalue weighted by atomic mass is 10.1. The van der Waals surface area contributed by atoms with Gasteiger partial charge >= 0.3 is 6.18 Å². The lowest BCUT2D eigenvalue weighted by molar-refractivity contribution is -0.137. The van der Waals surface area contributed by atoms with Gasteiger partial charge in [-0.15, -0.1) is 0 Å². The number of carbonyl (C=O) groups excluding carboxylic acids is 1. The Labute approximate surface area is 169 Å². The van der Waals surface area contributed by atoms with E-state index in [1.165, 1.54) is 18.3 Å². The van der Waals surface area contributed by atoms with Crippen molar-refractivity contribution in [3.8, 4) is 11.3 Å². The quantitative estimate of drug-likeness (QED) is 0.339. The molecule has 0 spiro atoms. The van der Waals surface area contributed by atoms with Crippen LogP contribution in [0.3, 0.4) is 0 Å². The van der Waals surface area contributed by atoms with Crippen molar-refractivity contribution in [2.24, 2.45) is 5.10 Å². The van der Waals surface area contributed by atoms with Gasteiger partial charge in [-0.25, -0.2) is 5.43 Å². The van der Waals surface area contributed by atoms with Crippen LogP contribution in [0.1, 0.15) is 21.7 Å². The highest BCUT2D eigenvalue weighted by Gasteiger charge is 2.30. The van der Waals surface area contributed by atoms with E-state index in [0.717, 1.165) is 22.9 Å². The van der Waals surface area contributed by atoms with E-state index >= 15 is 0 Å². The first kappa shape index (κ1) is 19.4. The van der Waals surface area contributed by atoms with Crippen LogP contribution in [-0.4, -0.2) is 12.1 Å². The molecule has 0 aliphatic rings. The summed E-state index contributed by atoms with van der Waals surface area (Å²) in [6.07, 6.45) is -3.14. The van der Waals surface area contributed by atoms with Crippen LogP contribution in [0.25, 0.3) is 22.1 Å². The van der Waals surface area contributed by atoms with Crippen LogP contribution in [0.2, 0.25) is 0 Å². The summed E-state index contributed by atoms with van der Waals surface area (Å²) in [7, 11) is 0. The summed E-state index contributed by atoms with van der Waals surface area (Å²) in [5.41, 5.74) is 2.41. The number of hydrazone groups is 1. The van der Waals surface area contributed by atoms with E-state index in [1.54, 1.807) is 24.3 Å². The van der Waals surface area contributed by atoms with Gasteiger partial charge in [-0.1, -0.05) is 42.5 Å². The Morgan fingerprint density at radius 1 is 0.900 bits per heavy atom. The largest absolute Gasteiger partial charge is 0.455 e. The molecule has 4 aromatic rings. The SMILES string of the molecule is O=C(N/N=C\c1ccc(-c2cccc(C(F)(F)F)c2)o1)c1ccc2ccccc2c1. The molecule has 1 N–H and O–H groups in total. The van der Waals surface area contributed by atoms with Crippen LogP contribution >= 0.6 is 0 Å². The Balaban J connectivity index is 1.45. The number of halogens is 3. The van der Waals surface area contributed by atoms with Gasteiger partial charge in [0.1, 0.15) is 11.5 Å². The predicted octanol–water partition coefficient (Wildman–Crippen LogP) is 5.88. The number of amides is 1. The first-order valence-corrected chi connectivity index (χ1v) is 9.00. The molecule has 7 heteroatoms. The molecule has 4 rings (SSSR count). The Bertz CT molecular complexity index is 1240. The number of benzene rings is 3. The van der Waals surface area contributed by atoms with E-state index in [0.29, 0.717) is 16.9 Å². The number of fused-ring (bicyclic) bond motifs is 1. The van der Waals surface area contributed by atoms with E-state index in [4.69, 9.17) is 4.42 Å². The number of nitrogens with one attached hydrogen (secondary N) is 1. The summed E-state index contributed by atoms with van der Waals surface area (Å²) in [6, 6.07) is 20.9. The number of hydrogen-bond donors (Lipinski definition) is 1. The second kappa shape index (κ2) is 7.87. The number of carbonyl (C=O) groups is 1. The average Bonchev–Trinajstić information content (AvgIpc) is 3.22. The zero-order valence-corrected chi connectivity index (χ0v) is 15.5. The smallest absolute Gasteiger partial charge is 0.416 e. The summed E-state index contributed by atoms with van der Waals surface area (Å²) in [6.45, 7) is 0. The molecule has 1 aromatic heterocycles. The van der Waals surface area contributed by atoms with Gasteiger partial charge in [-0.3, -0.25) is 4.79 Å². The van der Waals surface area contributed by atoms with Crippen molar-refractivity contribution in [3.05, 3.63) is 95.7 Å². The molecule has 0 radical (unpaired) electrons. The maximum atomic E-state index is 12.9. The molecule has 0 unspecified atom stereocenters. The minimum Gasteiger partial charge on any atom is -0.455 e. The Morgan fingerprint density at radius 2 is 1.70 bits per heavy atom. The van der Waals surface area contributed by atoms with Crippen LogP contribution in [0.4, 0.5) is 13.2 Å². The molecule has 0 aliphatic carbocycles. The highest BCUT2D eigenvalue weighted by atomic mass is 19.4. The number of alkyl halides is 3. The highest BCUT2D eigenvalue weighted by molar-refractivity contribution is 5.98. The fourth-order valence-corrected chi connectivity index (χ4v) is 2.98. The molecular formula is C23H15F3N2O2. The van der Waals surface area contributed by atoms with Gasteiger partial charge in [0.15, 0.2) is 0 Å². The molecular weight excluding hydrogens is 393 g/mol. The predicted molar refractivity (Wildman–Crippen MR) is 108 cm³/mol. The minimum absolute atomic E-state index is 0.267. The van der Waals surface area contributed by atoms with E-state index in [-0.39, 0.29) is 11.7 Å². The van der Waals surface area contributed by atoms with Crippen molar-refractivity contribution >= 4 is 22.9 Å². The molecule has 1 amide bonds. The molecule has 150 valence electrons. The van der Waals surface area contributed by atoms with Crippen LogP contribution in [-0.2, 0) is 6.18 Å². The Hall–Kier alpha value is -3.87. The van der Waals surface area contributed by atoms with Crippen molar-refractivity contribution in [3.63, 3.8) is 0 Å². The van der Waals surface area contributed by atoms with Gasteiger partial charge in [0, 0.05) is 11.1 Å². The summed E-state index contributed by atoms with van der Waals surface area (Å²) in [5.74, 6) is 0.172. The first-order chi connectivity index (χ1) is 14.4. The van der Waals surface area contributed by atoms with Gasteiger partial charge in [0.25, 0.3) is 5.91 Å². The van der Waals surface area contributed by atoms with Crippen molar-refractivity contribution < 1.29 is 22.4 Å². The number of rotatable bonds is 4. The molecule has 0 atom stereocenters. The molecule has 0 bridgehead atoms. The van der Waals surface area contributed by atoms with Gasteiger partial charge in [0.2, 0.25) is 0 Å². The van der Waals surface area contributed by atoms with E-state index in [9.17, 15) is 18.0 Å². The highest BCUT2D eigenvalue weighted by Crippen LogP contribution is 2.32. The third-order valence-corrected chi connectivity index (χ3v) is 4.47. The van der Waals surface area contributed by atoms with Gasteiger partial charge in [-0.2, -0.15) is 18.3 Å². The summed E-state index contributed by atoms with van der Waals surface area (Å²) >= 11 is 0. The number of furan rings is 1. The van der Waals surface area contributed by atoms with Gasteiger partial charge in [0.05, 0.1) is 11.8 Å². The van der Waals surface area contributed by atoms with Crippen molar-refractivity contribution in [2.45, 2.75) is 6.18 Å². The van der Waals surface area contributed by atoms with Crippen molar-refractivity contribution in [1.29, 1.82) is 0 Å². The molecule has 4 nitrogen and oxygen atoms in total. The van der Waals surface area contributed by atoms with Gasteiger partial charge in [-0.05, 0) is 47.2 Å². The fourth-order valence-electron chi connectivity index (χ4n) is 2.98. The topological polar surface area (TPSA) is 54.6 Å². The standard InChI is InChI=1S/C23H15F3N2O2/c24-23(25,26)19-7-3-6-17(13-19)21-11-10-20(30-21)14-27-28-22(29)18-9-8-15-4-1-2-5-16(15)12-18/h1-14H,(H,28,29)/b27-14-. The maximum Gasteiger partial charge on any atom is 0.416 e. The number of nitrogens with zero attached hydrogens (tertiary/aromatic N) is 1. The van der Waals surface area contributed by atoms with E-state index < -0.39 is 11.7 Å². The zero-order valence-electron chi connectivity index (χ0n) is 15.5. The minimum atomic E-state index is -4.43. The first-order valence-electron chi connectivity index (χ1n) is 9.00. The van der Waals surface area contributed by atoms with Crippen molar-refractivity contribution in [2.75, 3.05) is 0 Å².